The molecule has 2 heteroatoms. The second-order valence-corrected chi connectivity index (χ2v) is 0.908. The number of carbonyl (C=O) groups excluding carboxylic acids is 1. The van der Waals surface area contributed by atoms with E-state index in [1.807, 2.05) is 0 Å². The summed E-state index contributed by atoms with van der Waals surface area (Å²) in [6, 6.07) is 0. The van der Waals surface area contributed by atoms with Crippen molar-refractivity contribution in [3.63, 3.8) is 0 Å². The minimum absolute atomic E-state index is 0. The SMILES string of the molecule is CC(C)=O.[Ti+4]. The monoisotopic (exact) mass is 106 g/mol. The summed E-state index contributed by atoms with van der Waals surface area (Å²) in [7, 11) is 0. The number of carbonyl (C=O) groups is 1. The van der Waals surface area contributed by atoms with Gasteiger partial charge in [-0.1, -0.05) is 0 Å². The molecule has 0 atom stereocenters. The first kappa shape index (κ1) is 9.04. The number of ketones is 1. The van der Waals surface area contributed by atoms with E-state index in [0.29, 0.717) is 0 Å². The van der Waals surface area contributed by atoms with Crippen molar-refractivity contribution >= 4 is 5.78 Å². The topological polar surface area (TPSA) is 17.1 Å². The number of hydrogen-bond acceptors (Lipinski definition) is 1. The predicted molar refractivity (Wildman–Crippen MR) is 16.4 cm³/mol. The summed E-state index contributed by atoms with van der Waals surface area (Å²) >= 11 is 0. The molecule has 0 aliphatic heterocycles. The number of hydrogen-bond donors (Lipinski definition) is 0. The molecule has 0 aromatic carbocycles. The van der Waals surface area contributed by atoms with Gasteiger partial charge in [-0.05, 0) is 13.8 Å². The predicted octanol–water partition coefficient (Wildman–Crippen LogP) is 0.593. The largest absolute Gasteiger partial charge is 4.00 e. The summed E-state index contributed by atoms with van der Waals surface area (Å²) in [6.07, 6.45) is 0. The molecule has 24 valence electrons. The fourth-order valence-electron chi connectivity index (χ4n) is 0. The van der Waals surface area contributed by atoms with Crippen LogP contribution in [0.4, 0.5) is 0 Å². The fourth-order valence-corrected chi connectivity index (χ4v) is 0. The Balaban J connectivity index is 0. The Morgan fingerprint density at radius 2 is 1.40 bits per heavy atom. The van der Waals surface area contributed by atoms with Gasteiger partial charge in [0.15, 0.2) is 0 Å². The van der Waals surface area contributed by atoms with Crippen LogP contribution in [0.25, 0.3) is 0 Å². The van der Waals surface area contributed by atoms with Gasteiger partial charge >= 0.3 is 21.7 Å². The van der Waals surface area contributed by atoms with E-state index in [1.54, 1.807) is 0 Å². The zero-order chi connectivity index (χ0) is 3.58. The van der Waals surface area contributed by atoms with Crippen LogP contribution in [-0.4, -0.2) is 5.78 Å². The Hall–Kier alpha value is 0.384. The van der Waals surface area contributed by atoms with Gasteiger partial charge in [-0.3, -0.25) is 0 Å². The average Bonchev–Trinajstić information content (AvgIpc) is 0.811. The third-order valence-corrected chi connectivity index (χ3v) is 0. The van der Waals surface area contributed by atoms with Crippen LogP contribution in [0.5, 0.6) is 0 Å². The minimum Gasteiger partial charge on any atom is -0.300 e. The quantitative estimate of drug-likeness (QED) is 0.413. The second-order valence-electron chi connectivity index (χ2n) is 0.908. The molecule has 0 aromatic rings. The fraction of sp³-hybridized carbons (Fsp3) is 0.667. The molecule has 0 heterocycles. The van der Waals surface area contributed by atoms with Gasteiger partial charge < -0.3 is 4.79 Å². The van der Waals surface area contributed by atoms with Crippen molar-refractivity contribution in [3.8, 4) is 0 Å². The summed E-state index contributed by atoms with van der Waals surface area (Å²) in [5, 5.41) is 0. The van der Waals surface area contributed by atoms with Gasteiger partial charge in [0.05, 0.1) is 0 Å². The maximum absolute atomic E-state index is 9.44. The normalized spacial score (nSPS) is 5.20. The van der Waals surface area contributed by atoms with Gasteiger partial charge in [0.2, 0.25) is 0 Å². The molecule has 0 rings (SSSR count). The van der Waals surface area contributed by atoms with E-state index in [1.165, 1.54) is 13.8 Å². The maximum atomic E-state index is 9.44. The first-order valence-electron chi connectivity index (χ1n) is 1.20. The molecule has 0 N–H and O–H groups in total. The second kappa shape index (κ2) is 4.38. The Morgan fingerprint density at radius 1 is 1.40 bits per heavy atom. The zero-order valence-electron chi connectivity index (χ0n) is 3.41. The van der Waals surface area contributed by atoms with E-state index in [2.05, 4.69) is 0 Å². The minimum atomic E-state index is 0. The van der Waals surface area contributed by atoms with Crippen LogP contribution in [0.3, 0.4) is 0 Å². The van der Waals surface area contributed by atoms with Crippen molar-refractivity contribution in [1.29, 1.82) is 0 Å². The summed E-state index contributed by atoms with van der Waals surface area (Å²) in [4.78, 5) is 9.44. The molecular weight excluding hydrogens is 99.9 g/mol. The average molecular weight is 106 g/mol. The van der Waals surface area contributed by atoms with Gasteiger partial charge in [0.25, 0.3) is 0 Å². The molecule has 0 aliphatic carbocycles. The van der Waals surface area contributed by atoms with Gasteiger partial charge in [-0.15, -0.1) is 0 Å². The molecule has 0 aromatic heterocycles. The third kappa shape index (κ3) is 169. The van der Waals surface area contributed by atoms with Crippen LogP contribution >= 0.6 is 0 Å². The molecule has 0 radical (unpaired) electrons. The molecule has 0 bridgehead atoms. The van der Waals surface area contributed by atoms with Gasteiger partial charge in [-0.2, -0.15) is 0 Å². The van der Waals surface area contributed by atoms with E-state index in [-0.39, 0.29) is 27.5 Å². The van der Waals surface area contributed by atoms with Crippen LogP contribution in [0, 0.1) is 0 Å². The molecule has 0 aliphatic rings. The third-order valence-electron chi connectivity index (χ3n) is 0. The van der Waals surface area contributed by atoms with Crippen LogP contribution in [-0.2, 0) is 26.5 Å². The molecule has 0 spiro atoms. The summed E-state index contributed by atoms with van der Waals surface area (Å²) < 4.78 is 0. The Morgan fingerprint density at radius 3 is 1.40 bits per heavy atom. The molecular formula is C3H6OTi+4. The smallest absolute Gasteiger partial charge is 0.300 e. The number of rotatable bonds is 0. The van der Waals surface area contributed by atoms with Crippen LogP contribution in [0.2, 0.25) is 0 Å². The van der Waals surface area contributed by atoms with E-state index >= 15 is 0 Å². The Kier molecular flexibility index (Phi) is 7.92. The van der Waals surface area contributed by atoms with Crippen molar-refractivity contribution in [3.05, 3.63) is 0 Å². The van der Waals surface area contributed by atoms with Gasteiger partial charge in [0, 0.05) is 0 Å². The molecule has 5 heavy (non-hydrogen) atoms. The molecule has 0 fully saturated rings. The van der Waals surface area contributed by atoms with Gasteiger partial charge in [0.1, 0.15) is 5.78 Å². The molecule has 0 amide bonds. The number of Topliss-reactive ketones (excluding diaryl/α,β-unsaturated/α-hetero) is 1. The maximum Gasteiger partial charge on any atom is 4.00 e. The van der Waals surface area contributed by atoms with Crippen molar-refractivity contribution in [2.45, 2.75) is 13.8 Å². The van der Waals surface area contributed by atoms with Crippen LogP contribution in [0.15, 0.2) is 0 Å². The van der Waals surface area contributed by atoms with E-state index in [4.69, 9.17) is 0 Å². The Labute approximate surface area is 46.6 Å². The standard InChI is InChI=1S/C3H6O.Ti/c1-3(2)4;/h1-2H3;/q;+4. The summed E-state index contributed by atoms with van der Waals surface area (Å²) in [5.74, 6) is 0.167. The first-order valence-corrected chi connectivity index (χ1v) is 1.20. The van der Waals surface area contributed by atoms with Crippen LogP contribution in [0.1, 0.15) is 13.8 Å². The van der Waals surface area contributed by atoms with E-state index in [0.717, 1.165) is 0 Å². The van der Waals surface area contributed by atoms with Crippen molar-refractivity contribution in [2.24, 2.45) is 0 Å². The molecule has 1 nitrogen and oxygen atoms in total. The molecule has 0 saturated carbocycles. The molecule has 0 unspecified atom stereocenters. The molecule has 0 saturated heterocycles. The van der Waals surface area contributed by atoms with Crippen molar-refractivity contribution in [1.82, 2.24) is 0 Å². The first-order chi connectivity index (χ1) is 1.73. The summed E-state index contributed by atoms with van der Waals surface area (Å²) in [6.45, 7) is 3.06. The van der Waals surface area contributed by atoms with Crippen molar-refractivity contribution < 1.29 is 26.5 Å². The van der Waals surface area contributed by atoms with E-state index in [9.17, 15) is 4.79 Å². The van der Waals surface area contributed by atoms with Crippen LogP contribution < -0.4 is 0 Å². The van der Waals surface area contributed by atoms with Crippen molar-refractivity contribution in [2.75, 3.05) is 0 Å². The van der Waals surface area contributed by atoms with E-state index < -0.39 is 0 Å². The summed E-state index contributed by atoms with van der Waals surface area (Å²) in [5.41, 5.74) is 0. The Bertz CT molecular complexity index is 29.9. The zero-order valence-corrected chi connectivity index (χ0v) is 4.97. The van der Waals surface area contributed by atoms with Gasteiger partial charge in [-0.25, -0.2) is 0 Å².